The average Bonchev–Trinajstić information content (AvgIpc) is 2.44. The Morgan fingerprint density at radius 2 is 1.86 bits per heavy atom. The van der Waals surface area contributed by atoms with Crippen LogP contribution in [0.1, 0.15) is 39.7 Å². The van der Waals surface area contributed by atoms with Crippen LogP contribution in [0.5, 0.6) is 11.5 Å². The number of methoxy groups -OCH3 is 1. The molecular formula is C17H29NO3. The summed E-state index contributed by atoms with van der Waals surface area (Å²) in [6.07, 6.45) is 0.879. The fourth-order valence-corrected chi connectivity index (χ4v) is 1.80. The molecule has 4 heteroatoms. The van der Waals surface area contributed by atoms with E-state index in [1.807, 2.05) is 19.1 Å². The smallest absolute Gasteiger partial charge is 0.161 e. The summed E-state index contributed by atoms with van der Waals surface area (Å²) in [5.41, 5.74) is 1.28. The summed E-state index contributed by atoms with van der Waals surface area (Å²) in [6, 6.07) is 6.06. The highest BCUT2D eigenvalue weighted by atomic mass is 16.5. The van der Waals surface area contributed by atoms with Gasteiger partial charge in [0.15, 0.2) is 11.5 Å². The summed E-state index contributed by atoms with van der Waals surface area (Å²) < 4.78 is 16.5. The minimum atomic E-state index is 0.0989. The number of rotatable bonds is 9. The van der Waals surface area contributed by atoms with E-state index < -0.39 is 0 Å². The van der Waals surface area contributed by atoms with Crippen molar-refractivity contribution in [3.63, 3.8) is 0 Å². The van der Waals surface area contributed by atoms with Gasteiger partial charge in [-0.05, 0) is 45.4 Å². The number of benzene rings is 1. The maximum Gasteiger partial charge on any atom is 0.161 e. The third-order valence-corrected chi connectivity index (χ3v) is 2.95. The zero-order chi connectivity index (χ0) is 15.7. The molecule has 0 fully saturated rings. The molecule has 0 atom stereocenters. The largest absolute Gasteiger partial charge is 0.493 e. The number of nitrogens with one attached hydrogen (secondary N) is 1. The lowest BCUT2D eigenvalue weighted by Gasteiger charge is -2.21. The first-order valence-electron chi connectivity index (χ1n) is 7.58. The van der Waals surface area contributed by atoms with Crippen molar-refractivity contribution in [3.05, 3.63) is 23.8 Å². The van der Waals surface area contributed by atoms with Crippen molar-refractivity contribution in [2.45, 2.75) is 46.2 Å². The van der Waals surface area contributed by atoms with E-state index in [9.17, 15) is 0 Å². The lowest BCUT2D eigenvalue weighted by atomic mass is 10.1. The van der Waals surface area contributed by atoms with Crippen molar-refractivity contribution in [1.29, 1.82) is 0 Å². The summed E-state index contributed by atoms with van der Waals surface area (Å²) in [5.74, 6) is 1.56. The maximum atomic E-state index is 5.75. The van der Waals surface area contributed by atoms with E-state index in [4.69, 9.17) is 14.2 Å². The molecule has 1 aromatic carbocycles. The van der Waals surface area contributed by atoms with Crippen LogP contribution >= 0.6 is 0 Å². The molecule has 0 aliphatic rings. The zero-order valence-electron chi connectivity index (χ0n) is 14.0. The van der Waals surface area contributed by atoms with Gasteiger partial charge < -0.3 is 19.5 Å². The normalized spacial score (nSPS) is 11.5. The van der Waals surface area contributed by atoms with Gasteiger partial charge in [0.25, 0.3) is 0 Å². The molecule has 0 aromatic heterocycles. The first kappa shape index (κ1) is 17.8. The fraction of sp³-hybridized carbons (Fsp3) is 0.647. The van der Waals surface area contributed by atoms with Crippen molar-refractivity contribution in [2.75, 3.05) is 26.9 Å². The molecule has 0 saturated heterocycles. The molecule has 0 unspecified atom stereocenters. The lowest BCUT2D eigenvalue weighted by Crippen LogP contribution is -2.35. The van der Waals surface area contributed by atoms with Crippen LogP contribution in [0.15, 0.2) is 18.2 Å². The van der Waals surface area contributed by atoms with Gasteiger partial charge in [-0.1, -0.05) is 6.07 Å². The molecule has 21 heavy (non-hydrogen) atoms. The Hall–Kier alpha value is -1.26. The van der Waals surface area contributed by atoms with Crippen molar-refractivity contribution < 1.29 is 14.2 Å². The number of ether oxygens (including phenoxy) is 3. The van der Waals surface area contributed by atoms with Gasteiger partial charge in [0, 0.05) is 31.7 Å². The lowest BCUT2D eigenvalue weighted by molar-refractivity contribution is 0.130. The summed E-state index contributed by atoms with van der Waals surface area (Å²) in [7, 11) is 1.67. The molecule has 1 aromatic rings. The van der Waals surface area contributed by atoms with E-state index in [0.717, 1.165) is 37.7 Å². The Morgan fingerprint density at radius 3 is 2.48 bits per heavy atom. The standard InChI is InChI=1S/C17H29NO3/c1-6-20-10-7-11-21-15-9-8-14(12-16(15)19-5)13-18-17(2,3)4/h8-9,12,18H,6-7,10-11,13H2,1-5H3. The van der Waals surface area contributed by atoms with Crippen LogP contribution in [0.4, 0.5) is 0 Å². The molecule has 0 spiro atoms. The van der Waals surface area contributed by atoms with Crippen molar-refractivity contribution in [3.8, 4) is 11.5 Å². The molecule has 0 aliphatic heterocycles. The molecule has 4 nitrogen and oxygen atoms in total. The topological polar surface area (TPSA) is 39.7 Å². The van der Waals surface area contributed by atoms with Gasteiger partial charge in [0.1, 0.15) is 0 Å². The van der Waals surface area contributed by atoms with E-state index >= 15 is 0 Å². The molecule has 0 heterocycles. The van der Waals surface area contributed by atoms with Crippen LogP contribution in [0.2, 0.25) is 0 Å². The molecule has 0 bridgehead atoms. The second kappa shape index (κ2) is 8.90. The van der Waals surface area contributed by atoms with Gasteiger partial charge in [-0.2, -0.15) is 0 Å². The van der Waals surface area contributed by atoms with Crippen LogP contribution in [-0.4, -0.2) is 32.5 Å². The Labute approximate surface area is 128 Å². The van der Waals surface area contributed by atoms with E-state index in [2.05, 4.69) is 32.2 Å². The second-order valence-corrected chi connectivity index (χ2v) is 5.99. The predicted octanol–water partition coefficient (Wildman–Crippen LogP) is 3.39. The quantitative estimate of drug-likeness (QED) is 0.709. The molecule has 1 N–H and O–H groups in total. The Balaban J connectivity index is 2.53. The highest BCUT2D eigenvalue weighted by Crippen LogP contribution is 2.28. The van der Waals surface area contributed by atoms with Gasteiger partial charge in [-0.15, -0.1) is 0 Å². The number of hydrogen-bond acceptors (Lipinski definition) is 4. The van der Waals surface area contributed by atoms with Crippen molar-refractivity contribution in [1.82, 2.24) is 5.32 Å². The SMILES string of the molecule is CCOCCCOc1ccc(CNC(C)(C)C)cc1OC. The maximum absolute atomic E-state index is 5.75. The van der Waals surface area contributed by atoms with Gasteiger partial charge in [-0.25, -0.2) is 0 Å². The molecule has 0 saturated carbocycles. The molecule has 0 amide bonds. The summed E-state index contributed by atoms with van der Waals surface area (Å²) in [5, 5.41) is 3.46. The second-order valence-electron chi connectivity index (χ2n) is 5.99. The molecule has 120 valence electrons. The minimum Gasteiger partial charge on any atom is -0.493 e. The Bertz CT molecular complexity index is 413. The van der Waals surface area contributed by atoms with Crippen LogP contribution in [-0.2, 0) is 11.3 Å². The predicted molar refractivity (Wildman–Crippen MR) is 86.2 cm³/mol. The van der Waals surface area contributed by atoms with Gasteiger partial charge in [0.2, 0.25) is 0 Å². The number of hydrogen-bond donors (Lipinski definition) is 1. The van der Waals surface area contributed by atoms with Crippen LogP contribution in [0, 0.1) is 0 Å². The highest BCUT2D eigenvalue weighted by Gasteiger charge is 2.10. The monoisotopic (exact) mass is 295 g/mol. The summed E-state index contributed by atoms with van der Waals surface area (Å²) >= 11 is 0. The van der Waals surface area contributed by atoms with Crippen molar-refractivity contribution >= 4 is 0 Å². The molecule has 0 aliphatic carbocycles. The average molecular weight is 295 g/mol. The van der Waals surface area contributed by atoms with Crippen LogP contribution in [0.25, 0.3) is 0 Å². The van der Waals surface area contributed by atoms with Gasteiger partial charge in [0.05, 0.1) is 13.7 Å². The first-order valence-corrected chi connectivity index (χ1v) is 7.58. The summed E-state index contributed by atoms with van der Waals surface area (Å²) in [6.45, 7) is 11.4. The first-order chi connectivity index (χ1) is 9.96. The Morgan fingerprint density at radius 1 is 1.10 bits per heavy atom. The minimum absolute atomic E-state index is 0.0989. The van der Waals surface area contributed by atoms with E-state index in [0.29, 0.717) is 6.61 Å². The third kappa shape index (κ3) is 7.34. The van der Waals surface area contributed by atoms with Gasteiger partial charge in [-0.3, -0.25) is 0 Å². The van der Waals surface area contributed by atoms with Gasteiger partial charge >= 0.3 is 0 Å². The highest BCUT2D eigenvalue weighted by molar-refractivity contribution is 5.43. The fourth-order valence-electron chi connectivity index (χ4n) is 1.80. The van der Waals surface area contributed by atoms with Crippen molar-refractivity contribution in [2.24, 2.45) is 0 Å². The third-order valence-electron chi connectivity index (χ3n) is 2.95. The summed E-state index contributed by atoms with van der Waals surface area (Å²) in [4.78, 5) is 0. The molecule has 1 rings (SSSR count). The van der Waals surface area contributed by atoms with Crippen LogP contribution in [0.3, 0.4) is 0 Å². The van der Waals surface area contributed by atoms with Crippen LogP contribution < -0.4 is 14.8 Å². The van der Waals surface area contributed by atoms with E-state index in [1.54, 1.807) is 7.11 Å². The molecular weight excluding hydrogens is 266 g/mol. The zero-order valence-corrected chi connectivity index (χ0v) is 14.0. The van der Waals surface area contributed by atoms with E-state index in [-0.39, 0.29) is 5.54 Å². The Kier molecular flexibility index (Phi) is 7.54. The van der Waals surface area contributed by atoms with E-state index in [1.165, 1.54) is 5.56 Å². The molecule has 0 radical (unpaired) electrons.